The first kappa shape index (κ1) is 23.1. The van der Waals surface area contributed by atoms with E-state index in [-0.39, 0.29) is 0 Å². The Balaban J connectivity index is 5.01. The van der Waals surface area contributed by atoms with Crippen molar-refractivity contribution < 1.29 is 29.4 Å². The van der Waals surface area contributed by atoms with E-state index in [9.17, 15) is 24.3 Å². The Morgan fingerprint density at radius 3 is 2.12 bits per heavy atom. The van der Waals surface area contributed by atoms with Crippen molar-refractivity contribution in [3.63, 3.8) is 0 Å². The minimum absolute atomic E-state index is 0.300. The molecule has 0 aromatic heterocycles. The Morgan fingerprint density at radius 1 is 1.08 bits per heavy atom. The highest BCUT2D eigenvalue weighted by atomic mass is 32.2. The lowest BCUT2D eigenvalue weighted by Gasteiger charge is -2.24. The summed E-state index contributed by atoms with van der Waals surface area (Å²) in [5.41, 5.74) is 5.47. The maximum absolute atomic E-state index is 12.4. The number of carboxylic acids is 1. The van der Waals surface area contributed by atoms with Gasteiger partial charge in [0.25, 0.3) is 0 Å². The van der Waals surface area contributed by atoms with E-state index in [0.717, 1.165) is 0 Å². The van der Waals surface area contributed by atoms with Gasteiger partial charge in [0.2, 0.25) is 17.7 Å². The lowest BCUT2D eigenvalue weighted by atomic mass is 10.1. The van der Waals surface area contributed by atoms with Gasteiger partial charge in [-0.1, -0.05) is 0 Å². The second-order valence-corrected chi connectivity index (χ2v) is 6.46. The van der Waals surface area contributed by atoms with E-state index in [1.165, 1.54) is 25.6 Å². The number of carboxylic acid groups (broad SMARTS) is 1. The largest absolute Gasteiger partial charge is 0.480 e. The van der Waals surface area contributed by atoms with Gasteiger partial charge in [-0.25, -0.2) is 0 Å². The Labute approximate surface area is 150 Å². The van der Waals surface area contributed by atoms with Crippen molar-refractivity contribution in [2.75, 3.05) is 18.6 Å². The molecule has 0 saturated heterocycles. The first-order valence-corrected chi connectivity index (χ1v) is 9.02. The molecule has 0 heterocycles. The molecule has 0 aliphatic heterocycles. The number of aliphatic carboxylic acids is 1. The summed E-state index contributed by atoms with van der Waals surface area (Å²) >= 11 is 1.47. The number of hydrogen-bond acceptors (Lipinski definition) is 7. The third-order valence-electron chi connectivity index (χ3n) is 3.13. The second kappa shape index (κ2) is 11.7. The van der Waals surface area contributed by atoms with Crippen molar-refractivity contribution >= 4 is 35.5 Å². The van der Waals surface area contributed by atoms with E-state index < -0.39 is 54.5 Å². The van der Waals surface area contributed by atoms with Gasteiger partial charge in [0.15, 0.2) is 0 Å². The Morgan fingerprint density at radius 2 is 1.68 bits per heavy atom. The molecule has 3 amide bonds. The molecule has 7 N–H and O–H groups in total. The van der Waals surface area contributed by atoms with Gasteiger partial charge in [-0.05, 0) is 32.3 Å². The fourth-order valence-corrected chi connectivity index (χ4v) is 2.21. The normalized spacial score (nSPS) is 15.4. The van der Waals surface area contributed by atoms with Crippen LogP contribution in [0.1, 0.15) is 20.3 Å². The molecule has 0 bridgehead atoms. The zero-order valence-corrected chi connectivity index (χ0v) is 15.3. The first-order valence-electron chi connectivity index (χ1n) is 7.63. The van der Waals surface area contributed by atoms with Crippen molar-refractivity contribution in [2.45, 2.75) is 44.5 Å². The molecule has 0 aliphatic carbocycles. The van der Waals surface area contributed by atoms with Crippen LogP contribution in [-0.2, 0) is 19.2 Å². The van der Waals surface area contributed by atoms with Crippen LogP contribution >= 0.6 is 11.8 Å². The van der Waals surface area contributed by atoms with E-state index in [1.54, 1.807) is 0 Å². The number of aliphatic hydroxyl groups is 1. The molecule has 0 fully saturated rings. The molecule has 11 heteroatoms. The minimum atomic E-state index is -1.35. The molecule has 0 spiro atoms. The fraction of sp³-hybridized carbons (Fsp3) is 0.714. The number of thioether (sulfide) groups is 1. The summed E-state index contributed by atoms with van der Waals surface area (Å²) in [6, 6.07) is -3.09. The summed E-state index contributed by atoms with van der Waals surface area (Å²) in [6.07, 6.45) is 0.873. The Hall–Kier alpha value is -1.85. The van der Waals surface area contributed by atoms with Crippen LogP contribution in [0.5, 0.6) is 0 Å². The monoisotopic (exact) mass is 378 g/mol. The molecule has 0 aliphatic rings. The standard InChI is InChI=1S/C14H26N4O6S/c1-7(15)12(22)17-9(4-5-25-3)13(23)18-11(8(2)19)14(24)16-6-10(20)21/h7-9,11,19H,4-6,15H2,1-3H3,(H,16,24)(H,17,22)(H,18,23)(H,20,21). The molecular formula is C14H26N4O6S. The maximum Gasteiger partial charge on any atom is 0.322 e. The van der Waals surface area contributed by atoms with Gasteiger partial charge in [-0.3, -0.25) is 19.2 Å². The first-order chi connectivity index (χ1) is 11.6. The van der Waals surface area contributed by atoms with Crippen LogP contribution in [0.15, 0.2) is 0 Å². The number of carbonyl (C=O) groups is 4. The molecule has 0 aromatic rings. The smallest absolute Gasteiger partial charge is 0.322 e. The number of amides is 3. The van der Waals surface area contributed by atoms with Crippen LogP contribution in [-0.4, -0.2) is 76.7 Å². The lowest BCUT2D eigenvalue weighted by Crippen LogP contribution is -2.58. The molecular weight excluding hydrogens is 352 g/mol. The van der Waals surface area contributed by atoms with Gasteiger partial charge in [0.1, 0.15) is 18.6 Å². The van der Waals surface area contributed by atoms with E-state index in [0.29, 0.717) is 12.2 Å². The van der Waals surface area contributed by atoms with E-state index in [1.807, 2.05) is 6.26 Å². The average molecular weight is 378 g/mol. The Kier molecular flexibility index (Phi) is 10.8. The number of hydrogen-bond donors (Lipinski definition) is 6. The van der Waals surface area contributed by atoms with Crippen LogP contribution < -0.4 is 21.7 Å². The molecule has 144 valence electrons. The Bertz CT molecular complexity index is 486. The maximum atomic E-state index is 12.4. The van der Waals surface area contributed by atoms with Crippen LogP contribution in [0.2, 0.25) is 0 Å². The number of rotatable bonds is 11. The SMILES string of the molecule is CSCCC(NC(=O)C(C)N)C(=O)NC(C(=O)NCC(=O)O)C(C)O. The van der Waals surface area contributed by atoms with Crippen LogP contribution in [0.25, 0.3) is 0 Å². The highest BCUT2D eigenvalue weighted by Gasteiger charge is 2.30. The van der Waals surface area contributed by atoms with Crippen molar-refractivity contribution in [1.82, 2.24) is 16.0 Å². The molecule has 4 atom stereocenters. The summed E-state index contributed by atoms with van der Waals surface area (Å²) in [6.45, 7) is 2.11. The van der Waals surface area contributed by atoms with E-state index >= 15 is 0 Å². The number of nitrogens with one attached hydrogen (secondary N) is 3. The quantitative estimate of drug-likeness (QED) is 0.232. The molecule has 0 radical (unpaired) electrons. The predicted molar refractivity (Wildman–Crippen MR) is 92.8 cm³/mol. The molecule has 25 heavy (non-hydrogen) atoms. The molecule has 0 rings (SSSR count). The van der Waals surface area contributed by atoms with Crippen molar-refractivity contribution in [3.05, 3.63) is 0 Å². The summed E-state index contributed by atoms with van der Waals surface area (Å²) in [7, 11) is 0. The van der Waals surface area contributed by atoms with Gasteiger partial charge in [-0.2, -0.15) is 11.8 Å². The van der Waals surface area contributed by atoms with Crippen molar-refractivity contribution in [2.24, 2.45) is 5.73 Å². The lowest BCUT2D eigenvalue weighted by molar-refractivity contribution is -0.139. The average Bonchev–Trinajstić information content (AvgIpc) is 2.53. The second-order valence-electron chi connectivity index (χ2n) is 5.47. The van der Waals surface area contributed by atoms with E-state index in [4.69, 9.17) is 10.8 Å². The molecule has 10 nitrogen and oxygen atoms in total. The van der Waals surface area contributed by atoms with Gasteiger partial charge >= 0.3 is 5.97 Å². The minimum Gasteiger partial charge on any atom is -0.480 e. The topological polar surface area (TPSA) is 171 Å². The molecule has 0 aromatic carbocycles. The summed E-state index contributed by atoms with van der Waals surface area (Å²) < 4.78 is 0. The third kappa shape index (κ3) is 9.27. The van der Waals surface area contributed by atoms with Gasteiger partial charge < -0.3 is 31.9 Å². The number of nitrogens with two attached hydrogens (primary N) is 1. The fourth-order valence-electron chi connectivity index (χ4n) is 1.74. The zero-order valence-electron chi connectivity index (χ0n) is 14.4. The summed E-state index contributed by atoms with van der Waals surface area (Å²) in [4.78, 5) is 46.6. The number of aliphatic hydroxyl groups excluding tert-OH is 1. The zero-order chi connectivity index (χ0) is 19.6. The van der Waals surface area contributed by atoms with Gasteiger partial charge in [0.05, 0.1) is 12.1 Å². The van der Waals surface area contributed by atoms with Gasteiger partial charge in [-0.15, -0.1) is 0 Å². The van der Waals surface area contributed by atoms with Gasteiger partial charge in [0, 0.05) is 0 Å². The van der Waals surface area contributed by atoms with Crippen LogP contribution in [0, 0.1) is 0 Å². The van der Waals surface area contributed by atoms with Crippen LogP contribution in [0.3, 0.4) is 0 Å². The molecule has 4 unspecified atom stereocenters. The highest BCUT2D eigenvalue weighted by Crippen LogP contribution is 2.03. The van der Waals surface area contributed by atoms with Crippen LogP contribution in [0.4, 0.5) is 0 Å². The van der Waals surface area contributed by atoms with E-state index in [2.05, 4.69) is 16.0 Å². The number of carbonyl (C=O) groups excluding carboxylic acids is 3. The summed E-state index contributed by atoms with van der Waals surface area (Å²) in [5.74, 6) is -2.72. The molecule has 0 saturated carbocycles. The predicted octanol–water partition coefficient (Wildman–Crippen LogP) is -2.36. The highest BCUT2D eigenvalue weighted by molar-refractivity contribution is 7.98. The third-order valence-corrected chi connectivity index (χ3v) is 3.78. The van der Waals surface area contributed by atoms with Crippen molar-refractivity contribution in [1.29, 1.82) is 0 Å². The van der Waals surface area contributed by atoms with Crippen molar-refractivity contribution in [3.8, 4) is 0 Å². The summed E-state index contributed by atoms with van der Waals surface area (Å²) in [5, 5.41) is 25.2.